The molecule has 12 heteroatoms. The molecule has 0 atom stereocenters. The standard InChI is InChI=1S/C21H20O2.C5H14O8P2/c1-21(15-16-5-3-2-4-6-16,17-7-11-19(22)12-8-17)18-9-13-20(23)14-10-18;6-1-5(2-7,3-12-14(8)9)4-13-15(10)11/h2-14,22-23H,15H2,1H3;6-11H,1-4H2. The Morgan fingerprint density at radius 1 is 0.632 bits per heavy atom. The van der Waals surface area contributed by atoms with Crippen molar-refractivity contribution in [1.82, 2.24) is 0 Å². The van der Waals surface area contributed by atoms with Crippen LogP contribution in [0.25, 0.3) is 0 Å². The van der Waals surface area contributed by atoms with Crippen molar-refractivity contribution in [3.8, 4) is 11.5 Å². The van der Waals surface area contributed by atoms with Crippen LogP contribution in [0.3, 0.4) is 0 Å². The predicted octanol–water partition coefficient (Wildman–Crippen LogP) is 3.06. The number of hydrogen-bond acceptors (Lipinski definition) is 10. The first-order valence-corrected chi connectivity index (χ1v) is 13.8. The van der Waals surface area contributed by atoms with E-state index >= 15 is 0 Å². The molecule has 0 radical (unpaired) electrons. The number of hydrogen-bond donors (Lipinski definition) is 8. The van der Waals surface area contributed by atoms with Gasteiger partial charge in [-0.05, 0) is 47.4 Å². The van der Waals surface area contributed by atoms with E-state index in [1.165, 1.54) is 5.56 Å². The van der Waals surface area contributed by atoms with Crippen molar-refractivity contribution in [2.75, 3.05) is 26.4 Å². The Kier molecular flexibility index (Phi) is 13.0. The highest BCUT2D eigenvalue weighted by Crippen LogP contribution is 2.37. The summed E-state index contributed by atoms with van der Waals surface area (Å²) in [5, 5.41) is 37.1. The first kappa shape index (κ1) is 32.0. The second-order valence-corrected chi connectivity index (χ2v) is 10.5. The summed E-state index contributed by atoms with van der Waals surface area (Å²) in [5.74, 6) is 0.531. The molecule has 0 aliphatic rings. The van der Waals surface area contributed by atoms with Crippen LogP contribution < -0.4 is 0 Å². The molecule has 3 rings (SSSR count). The van der Waals surface area contributed by atoms with Gasteiger partial charge in [0.2, 0.25) is 0 Å². The fraction of sp³-hybridized carbons (Fsp3) is 0.308. The Balaban J connectivity index is 0.000000296. The lowest BCUT2D eigenvalue weighted by molar-refractivity contribution is -0.0232. The number of benzene rings is 3. The number of aliphatic hydroxyl groups is 2. The van der Waals surface area contributed by atoms with Gasteiger partial charge in [0.15, 0.2) is 0 Å². The lowest BCUT2D eigenvalue weighted by Gasteiger charge is -2.31. The predicted molar refractivity (Wildman–Crippen MR) is 144 cm³/mol. The van der Waals surface area contributed by atoms with Gasteiger partial charge in [0.1, 0.15) is 11.5 Å². The molecule has 3 aromatic rings. The van der Waals surface area contributed by atoms with Crippen molar-refractivity contribution in [3.05, 3.63) is 95.6 Å². The molecule has 3 aromatic carbocycles. The zero-order valence-corrected chi connectivity index (χ0v) is 22.6. The number of phenolic OH excluding ortho intramolecular Hbond substituents is 2. The van der Waals surface area contributed by atoms with Crippen molar-refractivity contribution >= 4 is 17.2 Å². The Morgan fingerprint density at radius 2 is 1.03 bits per heavy atom. The monoisotopic (exact) mass is 568 g/mol. The maximum Gasteiger partial charge on any atom is 0.327 e. The molecule has 0 bridgehead atoms. The Hall–Kier alpha value is -2.20. The molecule has 0 spiro atoms. The maximum absolute atomic E-state index is 9.59. The minimum atomic E-state index is -2.60. The molecule has 0 unspecified atom stereocenters. The average Bonchev–Trinajstić information content (AvgIpc) is 2.90. The fourth-order valence-corrected chi connectivity index (χ4v) is 4.48. The molecular formula is C26H34O10P2. The van der Waals surface area contributed by atoms with Crippen molar-refractivity contribution in [2.45, 2.75) is 18.8 Å². The van der Waals surface area contributed by atoms with Gasteiger partial charge in [0.25, 0.3) is 0 Å². The van der Waals surface area contributed by atoms with Gasteiger partial charge in [-0.2, -0.15) is 0 Å². The van der Waals surface area contributed by atoms with Gasteiger partial charge in [0.05, 0.1) is 31.8 Å². The van der Waals surface area contributed by atoms with Crippen LogP contribution in [0.1, 0.15) is 23.6 Å². The molecule has 0 aliphatic heterocycles. The van der Waals surface area contributed by atoms with Crippen LogP contribution in [0.15, 0.2) is 78.9 Å². The third kappa shape index (κ3) is 9.84. The normalized spacial score (nSPS) is 11.9. The van der Waals surface area contributed by atoms with Gasteiger partial charge >= 0.3 is 17.2 Å². The summed E-state index contributed by atoms with van der Waals surface area (Å²) in [6.45, 7) is 0.328. The van der Waals surface area contributed by atoms with Crippen LogP contribution in [0.2, 0.25) is 0 Å². The van der Waals surface area contributed by atoms with Gasteiger partial charge in [-0.1, -0.05) is 61.5 Å². The molecule has 208 valence electrons. The quantitative estimate of drug-likeness (QED) is 0.151. The molecule has 0 aromatic heterocycles. The van der Waals surface area contributed by atoms with Crippen LogP contribution in [0.5, 0.6) is 11.5 Å². The number of aliphatic hydroxyl groups excluding tert-OH is 2. The van der Waals surface area contributed by atoms with E-state index in [0.717, 1.165) is 17.5 Å². The molecule has 0 amide bonds. The van der Waals surface area contributed by atoms with Gasteiger partial charge in [-0.25, -0.2) is 0 Å². The summed E-state index contributed by atoms with van der Waals surface area (Å²) >= 11 is 0. The average molecular weight is 568 g/mol. The first-order valence-electron chi connectivity index (χ1n) is 11.5. The van der Waals surface area contributed by atoms with E-state index in [4.69, 9.17) is 29.8 Å². The van der Waals surface area contributed by atoms with Crippen molar-refractivity contribution < 1.29 is 49.0 Å². The van der Waals surface area contributed by atoms with Gasteiger partial charge in [-0.15, -0.1) is 0 Å². The Labute approximate surface area is 224 Å². The molecule has 0 fully saturated rings. The summed E-state index contributed by atoms with van der Waals surface area (Å²) < 4.78 is 8.88. The van der Waals surface area contributed by atoms with Crippen molar-refractivity contribution in [3.63, 3.8) is 0 Å². The Bertz CT molecular complexity index is 1000. The van der Waals surface area contributed by atoms with E-state index in [0.29, 0.717) is 0 Å². The molecule has 8 N–H and O–H groups in total. The molecule has 0 heterocycles. The highest BCUT2D eigenvalue weighted by atomic mass is 31.2. The van der Waals surface area contributed by atoms with E-state index < -0.39 is 35.8 Å². The zero-order valence-electron chi connectivity index (χ0n) is 20.8. The Morgan fingerprint density at radius 3 is 1.37 bits per heavy atom. The minimum absolute atomic E-state index is 0.247. The molecular weight excluding hydrogens is 534 g/mol. The van der Waals surface area contributed by atoms with Crippen LogP contribution in [-0.4, -0.2) is 66.4 Å². The fourth-order valence-electron chi connectivity index (χ4n) is 3.70. The summed E-state index contributed by atoms with van der Waals surface area (Å²) in [6, 6.07) is 25.1. The number of aromatic hydroxyl groups is 2. The second kappa shape index (κ2) is 15.4. The van der Waals surface area contributed by atoms with Crippen LogP contribution in [0, 0.1) is 5.41 Å². The third-order valence-electron chi connectivity index (χ3n) is 6.05. The van der Waals surface area contributed by atoms with Crippen LogP contribution >= 0.6 is 17.2 Å². The SMILES string of the molecule is CC(Cc1ccccc1)(c1ccc(O)cc1)c1ccc(O)cc1.OCC(CO)(COP(O)O)COP(O)O. The lowest BCUT2D eigenvalue weighted by atomic mass is 9.72. The minimum Gasteiger partial charge on any atom is -0.508 e. The molecule has 10 nitrogen and oxygen atoms in total. The summed E-state index contributed by atoms with van der Waals surface area (Å²) in [4.78, 5) is 33.9. The van der Waals surface area contributed by atoms with Crippen LogP contribution in [-0.2, 0) is 20.9 Å². The molecule has 38 heavy (non-hydrogen) atoms. The van der Waals surface area contributed by atoms with E-state index in [2.05, 4.69) is 28.1 Å². The largest absolute Gasteiger partial charge is 0.508 e. The topological polar surface area (TPSA) is 180 Å². The second-order valence-electron chi connectivity index (χ2n) is 8.96. The van der Waals surface area contributed by atoms with Gasteiger partial charge < -0.3 is 49.0 Å². The summed E-state index contributed by atoms with van der Waals surface area (Å²) in [6.07, 6.45) is 0.837. The van der Waals surface area contributed by atoms with Crippen LogP contribution in [0.4, 0.5) is 0 Å². The van der Waals surface area contributed by atoms with E-state index in [1.54, 1.807) is 24.3 Å². The number of rotatable bonds is 12. The van der Waals surface area contributed by atoms with Crippen molar-refractivity contribution in [2.24, 2.45) is 5.41 Å². The summed E-state index contributed by atoms with van der Waals surface area (Å²) in [5.41, 5.74) is 1.96. The zero-order chi connectivity index (χ0) is 28.2. The number of phenols is 2. The third-order valence-corrected chi connectivity index (χ3v) is 6.77. The molecule has 0 saturated carbocycles. The van der Waals surface area contributed by atoms with Crippen molar-refractivity contribution in [1.29, 1.82) is 0 Å². The van der Waals surface area contributed by atoms with E-state index in [1.807, 2.05) is 42.5 Å². The highest BCUT2D eigenvalue weighted by molar-refractivity contribution is 7.39. The van der Waals surface area contributed by atoms with E-state index in [9.17, 15) is 10.2 Å². The maximum atomic E-state index is 9.59. The first-order chi connectivity index (χ1) is 18.0. The molecule has 0 aliphatic carbocycles. The van der Waals surface area contributed by atoms with Gasteiger partial charge in [0, 0.05) is 5.41 Å². The van der Waals surface area contributed by atoms with E-state index in [-0.39, 0.29) is 30.1 Å². The highest BCUT2D eigenvalue weighted by Gasteiger charge is 2.32. The molecule has 0 saturated heterocycles. The van der Waals surface area contributed by atoms with Gasteiger partial charge in [-0.3, -0.25) is 0 Å². The smallest absolute Gasteiger partial charge is 0.327 e. The summed E-state index contributed by atoms with van der Waals surface area (Å²) in [7, 11) is -5.20. The lowest BCUT2D eigenvalue weighted by Crippen LogP contribution is -2.38.